The van der Waals surface area contributed by atoms with Gasteiger partial charge in [0, 0.05) is 20.1 Å². The summed E-state index contributed by atoms with van der Waals surface area (Å²) in [6, 6.07) is 0. The first-order valence-corrected chi connectivity index (χ1v) is 5.49. The molecular formula is C10H17F3N2O2. The average molecular weight is 254 g/mol. The summed E-state index contributed by atoms with van der Waals surface area (Å²) in [4.78, 5) is 13.9. The highest BCUT2D eigenvalue weighted by Crippen LogP contribution is 2.16. The predicted molar refractivity (Wildman–Crippen MR) is 55.4 cm³/mol. The highest BCUT2D eigenvalue weighted by molar-refractivity contribution is 5.78. The van der Waals surface area contributed by atoms with E-state index in [0.29, 0.717) is 30.8 Å². The number of rotatable bonds is 3. The fraction of sp³-hybridized carbons (Fsp3) is 0.900. The smallest absolute Gasteiger partial charge is 0.393 e. The second kappa shape index (κ2) is 5.68. The summed E-state index contributed by atoms with van der Waals surface area (Å²) in [7, 11) is 1.15. The summed E-state index contributed by atoms with van der Waals surface area (Å²) in [5.74, 6) is -0.543. The van der Waals surface area contributed by atoms with Crippen LogP contribution in [-0.2, 0) is 4.79 Å². The molecule has 1 fully saturated rings. The van der Waals surface area contributed by atoms with Crippen molar-refractivity contribution in [3.05, 3.63) is 0 Å². The molecule has 7 heteroatoms. The van der Waals surface area contributed by atoms with Crippen LogP contribution >= 0.6 is 0 Å². The number of alkyl halides is 3. The van der Waals surface area contributed by atoms with E-state index in [1.54, 1.807) is 4.90 Å². The molecule has 0 radical (unpaired) electrons. The zero-order valence-electron chi connectivity index (χ0n) is 9.70. The van der Waals surface area contributed by atoms with Gasteiger partial charge in [-0.05, 0) is 12.8 Å². The summed E-state index contributed by atoms with van der Waals surface area (Å²) in [6.07, 6.45) is -3.58. The number of carbonyl (C=O) groups excluding carboxylic acids is 1. The summed E-state index contributed by atoms with van der Waals surface area (Å²) >= 11 is 0. The molecule has 0 bridgehead atoms. The Morgan fingerprint density at radius 2 is 1.94 bits per heavy atom. The largest absolute Gasteiger partial charge is 0.406 e. The van der Waals surface area contributed by atoms with E-state index in [9.17, 15) is 23.1 Å². The number of aliphatic hydroxyl groups excluding tert-OH is 1. The lowest BCUT2D eigenvalue weighted by molar-refractivity contribution is -0.159. The molecule has 1 N–H and O–H groups in total. The number of likely N-dealkylation sites (N-methyl/N-ethyl adjacent to an activating group) is 1. The van der Waals surface area contributed by atoms with E-state index >= 15 is 0 Å². The van der Waals surface area contributed by atoms with E-state index in [0.717, 1.165) is 7.05 Å². The minimum absolute atomic E-state index is 0.0146. The summed E-state index contributed by atoms with van der Waals surface area (Å²) < 4.78 is 36.2. The standard InChI is InChI=1S/C10H17F3N2O2/c1-14(7-10(11,12)13)9(17)6-15-4-2-8(16)3-5-15/h8,16H,2-7H2,1H3. The zero-order valence-corrected chi connectivity index (χ0v) is 9.70. The van der Waals surface area contributed by atoms with Gasteiger partial charge in [-0.3, -0.25) is 9.69 Å². The molecule has 0 aromatic carbocycles. The van der Waals surface area contributed by atoms with E-state index < -0.39 is 18.6 Å². The third-order valence-electron chi connectivity index (χ3n) is 2.76. The molecule has 4 nitrogen and oxygen atoms in total. The van der Waals surface area contributed by atoms with Crippen molar-refractivity contribution in [1.29, 1.82) is 0 Å². The van der Waals surface area contributed by atoms with Crippen LogP contribution in [0.4, 0.5) is 13.2 Å². The van der Waals surface area contributed by atoms with Crippen LogP contribution in [0.15, 0.2) is 0 Å². The van der Waals surface area contributed by atoms with Crippen molar-refractivity contribution in [3.63, 3.8) is 0 Å². The molecule has 1 saturated heterocycles. The fourth-order valence-electron chi connectivity index (χ4n) is 1.75. The van der Waals surface area contributed by atoms with Gasteiger partial charge in [0.05, 0.1) is 12.6 Å². The second-order valence-corrected chi connectivity index (χ2v) is 4.37. The summed E-state index contributed by atoms with van der Waals surface area (Å²) in [5, 5.41) is 9.25. The number of aliphatic hydroxyl groups is 1. The van der Waals surface area contributed by atoms with Gasteiger partial charge in [0.25, 0.3) is 0 Å². The third-order valence-corrected chi connectivity index (χ3v) is 2.76. The van der Waals surface area contributed by atoms with Gasteiger partial charge >= 0.3 is 6.18 Å². The van der Waals surface area contributed by atoms with Crippen molar-refractivity contribution >= 4 is 5.91 Å². The van der Waals surface area contributed by atoms with Gasteiger partial charge in [-0.15, -0.1) is 0 Å². The molecule has 0 aliphatic carbocycles. The van der Waals surface area contributed by atoms with Gasteiger partial charge in [-0.2, -0.15) is 13.2 Å². The van der Waals surface area contributed by atoms with Gasteiger partial charge in [-0.25, -0.2) is 0 Å². The lowest BCUT2D eigenvalue weighted by Gasteiger charge is -2.30. The molecule has 1 aliphatic rings. The minimum atomic E-state index is -4.36. The lowest BCUT2D eigenvalue weighted by atomic mass is 10.1. The maximum absolute atomic E-state index is 12.1. The van der Waals surface area contributed by atoms with E-state index in [1.165, 1.54) is 0 Å². The van der Waals surface area contributed by atoms with Crippen molar-refractivity contribution < 1.29 is 23.1 Å². The van der Waals surface area contributed by atoms with Crippen LogP contribution in [0.5, 0.6) is 0 Å². The van der Waals surface area contributed by atoms with Crippen molar-refractivity contribution in [1.82, 2.24) is 9.80 Å². The minimum Gasteiger partial charge on any atom is -0.393 e. The van der Waals surface area contributed by atoms with Crippen molar-refractivity contribution in [2.45, 2.75) is 25.1 Å². The number of likely N-dealkylation sites (tertiary alicyclic amines) is 1. The average Bonchev–Trinajstić information content (AvgIpc) is 2.19. The highest BCUT2D eigenvalue weighted by Gasteiger charge is 2.31. The maximum Gasteiger partial charge on any atom is 0.406 e. The van der Waals surface area contributed by atoms with E-state index in [1.807, 2.05) is 0 Å². The lowest BCUT2D eigenvalue weighted by Crippen LogP contribution is -2.45. The first-order valence-electron chi connectivity index (χ1n) is 5.49. The van der Waals surface area contributed by atoms with Gasteiger partial charge in [0.2, 0.25) is 5.91 Å². The number of hydrogen-bond donors (Lipinski definition) is 1. The number of carbonyl (C=O) groups is 1. The molecule has 0 spiro atoms. The van der Waals surface area contributed by atoms with Gasteiger partial charge in [0.15, 0.2) is 0 Å². The van der Waals surface area contributed by atoms with E-state index in [2.05, 4.69) is 0 Å². The van der Waals surface area contributed by atoms with E-state index in [4.69, 9.17) is 0 Å². The molecule has 0 atom stereocenters. The van der Waals surface area contributed by atoms with Gasteiger partial charge in [-0.1, -0.05) is 0 Å². The third kappa shape index (κ3) is 5.36. The van der Waals surface area contributed by atoms with Gasteiger partial charge < -0.3 is 10.0 Å². The molecule has 1 heterocycles. The van der Waals surface area contributed by atoms with Crippen molar-refractivity contribution in [3.8, 4) is 0 Å². The quantitative estimate of drug-likeness (QED) is 0.796. The van der Waals surface area contributed by atoms with E-state index in [-0.39, 0.29) is 12.6 Å². The molecule has 1 aliphatic heterocycles. The van der Waals surface area contributed by atoms with Crippen LogP contribution < -0.4 is 0 Å². The molecular weight excluding hydrogens is 237 g/mol. The van der Waals surface area contributed by atoms with Crippen LogP contribution in [0.25, 0.3) is 0 Å². The SMILES string of the molecule is CN(CC(F)(F)F)C(=O)CN1CCC(O)CC1. The number of amides is 1. The first-order chi connectivity index (χ1) is 7.78. The highest BCUT2D eigenvalue weighted by atomic mass is 19.4. The van der Waals surface area contributed by atoms with Crippen molar-refractivity contribution in [2.24, 2.45) is 0 Å². The Balaban J connectivity index is 2.33. The van der Waals surface area contributed by atoms with Crippen LogP contribution in [0, 0.1) is 0 Å². The topological polar surface area (TPSA) is 43.8 Å². The summed E-state index contributed by atoms with van der Waals surface area (Å²) in [5.41, 5.74) is 0. The number of halogens is 3. The number of hydrogen-bond acceptors (Lipinski definition) is 3. The molecule has 17 heavy (non-hydrogen) atoms. The second-order valence-electron chi connectivity index (χ2n) is 4.37. The Morgan fingerprint density at radius 3 is 2.41 bits per heavy atom. The monoisotopic (exact) mass is 254 g/mol. The Bertz CT molecular complexity index is 263. The Labute approximate surface area is 98.0 Å². The molecule has 100 valence electrons. The van der Waals surface area contributed by atoms with Crippen molar-refractivity contribution in [2.75, 3.05) is 33.2 Å². The molecule has 0 saturated carbocycles. The van der Waals surface area contributed by atoms with Gasteiger partial charge in [0.1, 0.15) is 6.54 Å². The summed E-state index contributed by atoms with van der Waals surface area (Å²) in [6.45, 7) is -0.138. The number of nitrogens with zero attached hydrogens (tertiary/aromatic N) is 2. The molecule has 1 amide bonds. The Hall–Kier alpha value is -0.820. The molecule has 0 aromatic heterocycles. The fourth-order valence-corrected chi connectivity index (χ4v) is 1.75. The molecule has 0 aromatic rings. The zero-order chi connectivity index (χ0) is 13.1. The Morgan fingerprint density at radius 1 is 1.41 bits per heavy atom. The predicted octanol–water partition coefficient (Wildman–Crippen LogP) is 0.464. The number of piperidine rings is 1. The molecule has 0 unspecified atom stereocenters. The Kier molecular flexibility index (Phi) is 4.76. The van der Waals surface area contributed by atoms with Crippen LogP contribution in [0.2, 0.25) is 0 Å². The van der Waals surface area contributed by atoms with Crippen LogP contribution in [0.3, 0.4) is 0 Å². The van der Waals surface area contributed by atoms with Crippen LogP contribution in [0.1, 0.15) is 12.8 Å². The molecule has 1 rings (SSSR count). The maximum atomic E-state index is 12.1. The normalized spacial score (nSPS) is 19.4. The van der Waals surface area contributed by atoms with Crippen LogP contribution in [-0.4, -0.2) is 66.3 Å². The first kappa shape index (κ1) is 14.2.